The first-order valence-corrected chi connectivity index (χ1v) is 9.73. The monoisotopic (exact) mass is 403 g/mol. The molecular formula is C21H21N7O2. The molecule has 1 amide bonds. The van der Waals surface area contributed by atoms with Crippen molar-refractivity contribution in [1.29, 1.82) is 0 Å². The van der Waals surface area contributed by atoms with Crippen LogP contribution in [0.25, 0.3) is 11.3 Å². The maximum atomic E-state index is 13.2. The van der Waals surface area contributed by atoms with Gasteiger partial charge in [-0.1, -0.05) is 19.9 Å². The van der Waals surface area contributed by atoms with Crippen molar-refractivity contribution in [2.75, 3.05) is 5.32 Å². The second-order valence-corrected chi connectivity index (χ2v) is 8.33. The van der Waals surface area contributed by atoms with Gasteiger partial charge in [0.25, 0.3) is 5.56 Å². The molecule has 0 aromatic carbocycles. The molecule has 30 heavy (non-hydrogen) atoms. The SMILES string of the molecule is Cc1cc(NC(=O)C2CC(C)(C)c3c2ccc2cc(=O)[nH]n32)cnc1-n1nccn1. The second kappa shape index (κ2) is 6.38. The van der Waals surface area contributed by atoms with Gasteiger partial charge in [0.05, 0.1) is 41.4 Å². The summed E-state index contributed by atoms with van der Waals surface area (Å²) in [4.78, 5) is 30.8. The average molecular weight is 403 g/mol. The third-order valence-electron chi connectivity index (χ3n) is 5.66. The van der Waals surface area contributed by atoms with E-state index in [1.807, 2.05) is 29.6 Å². The van der Waals surface area contributed by atoms with E-state index in [2.05, 4.69) is 39.4 Å². The maximum absolute atomic E-state index is 13.2. The van der Waals surface area contributed by atoms with E-state index in [9.17, 15) is 9.59 Å². The summed E-state index contributed by atoms with van der Waals surface area (Å²) in [5.41, 5.74) is 3.76. The predicted molar refractivity (Wildman–Crippen MR) is 111 cm³/mol. The lowest BCUT2D eigenvalue weighted by Gasteiger charge is -2.20. The number of H-pyrrole nitrogens is 1. The van der Waals surface area contributed by atoms with E-state index in [0.717, 1.165) is 22.3 Å². The first-order valence-electron chi connectivity index (χ1n) is 9.73. The number of nitrogens with zero attached hydrogens (tertiary/aromatic N) is 5. The summed E-state index contributed by atoms with van der Waals surface area (Å²) in [6, 6.07) is 7.24. The topological polar surface area (TPSA) is 110 Å². The van der Waals surface area contributed by atoms with Crippen LogP contribution in [0, 0.1) is 6.92 Å². The van der Waals surface area contributed by atoms with Gasteiger partial charge in [0, 0.05) is 11.5 Å². The van der Waals surface area contributed by atoms with Crippen molar-refractivity contribution in [1.82, 2.24) is 29.6 Å². The molecule has 4 heterocycles. The Morgan fingerprint density at radius 2 is 2.00 bits per heavy atom. The minimum Gasteiger partial charge on any atom is -0.324 e. The Morgan fingerprint density at radius 3 is 2.73 bits per heavy atom. The zero-order valence-electron chi connectivity index (χ0n) is 16.9. The Balaban J connectivity index is 1.46. The fourth-order valence-electron chi connectivity index (χ4n) is 4.42. The lowest BCUT2D eigenvalue weighted by atomic mass is 9.88. The maximum Gasteiger partial charge on any atom is 0.264 e. The molecule has 0 saturated carbocycles. The Hall–Kier alpha value is -3.75. The Morgan fingerprint density at radius 1 is 1.23 bits per heavy atom. The number of carbonyl (C=O) groups is 1. The number of nitrogens with one attached hydrogen (secondary N) is 2. The van der Waals surface area contributed by atoms with Gasteiger partial charge in [0.15, 0.2) is 5.82 Å². The highest BCUT2D eigenvalue weighted by atomic mass is 16.2. The van der Waals surface area contributed by atoms with Crippen LogP contribution in [0.15, 0.2) is 47.7 Å². The molecule has 0 bridgehead atoms. The number of aryl methyl sites for hydroxylation is 1. The zero-order valence-corrected chi connectivity index (χ0v) is 16.9. The number of amides is 1. The molecule has 1 unspecified atom stereocenters. The lowest BCUT2D eigenvalue weighted by Crippen LogP contribution is -2.22. The molecule has 152 valence electrons. The van der Waals surface area contributed by atoms with Gasteiger partial charge in [-0.05, 0) is 36.6 Å². The van der Waals surface area contributed by atoms with Gasteiger partial charge < -0.3 is 5.32 Å². The lowest BCUT2D eigenvalue weighted by molar-refractivity contribution is -0.117. The Labute approximate surface area is 171 Å². The summed E-state index contributed by atoms with van der Waals surface area (Å²) in [5.74, 6) is 0.198. The van der Waals surface area contributed by atoms with E-state index in [1.54, 1.807) is 24.7 Å². The highest BCUT2D eigenvalue weighted by molar-refractivity contribution is 5.97. The van der Waals surface area contributed by atoms with Crippen molar-refractivity contribution in [2.24, 2.45) is 0 Å². The first-order chi connectivity index (χ1) is 14.3. The van der Waals surface area contributed by atoms with E-state index < -0.39 is 0 Å². The van der Waals surface area contributed by atoms with Crippen LogP contribution < -0.4 is 10.9 Å². The fourth-order valence-corrected chi connectivity index (χ4v) is 4.42. The summed E-state index contributed by atoms with van der Waals surface area (Å²) in [6.45, 7) is 6.08. The fraction of sp³-hybridized carbons (Fsp3) is 0.286. The van der Waals surface area contributed by atoms with Crippen LogP contribution in [0.2, 0.25) is 0 Å². The molecular weight excluding hydrogens is 382 g/mol. The van der Waals surface area contributed by atoms with Crippen molar-refractivity contribution in [2.45, 2.75) is 38.5 Å². The third kappa shape index (κ3) is 2.81. The number of fused-ring (bicyclic) bond motifs is 3. The van der Waals surface area contributed by atoms with Crippen molar-refractivity contribution in [3.8, 4) is 5.82 Å². The largest absolute Gasteiger partial charge is 0.324 e. The second-order valence-electron chi connectivity index (χ2n) is 8.33. The van der Waals surface area contributed by atoms with Crippen LogP contribution in [0.5, 0.6) is 0 Å². The van der Waals surface area contributed by atoms with Crippen molar-refractivity contribution < 1.29 is 4.79 Å². The normalized spacial score (nSPS) is 17.2. The van der Waals surface area contributed by atoms with E-state index in [4.69, 9.17) is 0 Å². The summed E-state index contributed by atoms with van der Waals surface area (Å²) in [7, 11) is 0. The van der Waals surface area contributed by atoms with Gasteiger partial charge in [0.1, 0.15) is 0 Å². The number of hydrogen-bond donors (Lipinski definition) is 2. The van der Waals surface area contributed by atoms with Crippen LogP contribution >= 0.6 is 0 Å². The van der Waals surface area contributed by atoms with Crippen LogP contribution in [0.4, 0.5) is 5.69 Å². The number of carbonyl (C=O) groups excluding carboxylic acids is 1. The molecule has 2 N–H and O–H groups in total. The molecule has 0 spiro atoms. The Bertz CT molecular complexity index is 1330. The van der Waals surface area contributed by atoms with E-state index >= 15 is 0 Å². The van der Waals surface area contributed by atoms with E-state index in [1.165, 1.54) is 4.80 Å². The number of aromatic nitrogens is 6. The van der Waals surface area contributed by atoms with E-state index in [0.29, 0.717) is 17.9 Å². The average Bonchev–Trinajstić information content (AvgIpc) is 3.39. The van der Waals surface area contributed by atoms with Gasteiger partial charge in [-0.15, -0.1) is 4.80 Å². The van der Waals surface area contributed by atoms with Gasteiger partial charge >= 0.3 is 0 Å². The number of hydrogen-bond acceptors (Lipinski definition) is 5. The molecule has 4 aromatic heterocycles. The minimum atomic E-state index is -0.321. The van der Waals surface area contributed by atoms with Crippen LogP contribution in [-0.4, -0.2) is 35.5 Å². The molecule has 9 heteroatoms. The molecule has 4 aromatic rings. The molecule has 1 aliphatic rings. The standard InChI is InChI=1S/C21H21N7O2/c1-12-8-13(11-22-19(12)28-23-6-7-24-28)25-20(30)16-10-21(2,3)18-15(16)5-4-14-9-17(29)26-27(14)18/h4-9,11,16H,10H2,1-3H3,(H,25,30)(H,26,29). The van der Waals surface area contributed by atoms with Gasteiger partial charge in [-0.2, -0.15) is 10.2 Å². The summed E-state index contributed by atoms with van der Waals surface area (Å²) in [6.07, 6.45) is 5.43. The highest BCUT2D eigenvalue weighted by Gasteiger charge is 2.42. The van der Waals surface area contributed by atoms with Crippen molar-refractivity contribution in [3.05, 3.63) is 70.0 Å². The minimum absolute atomic E-state index is 0.0955. The summed E-state index contributed by atoms with van der Waals surface area (Å²) >= 11 is 0. The molecule has 9 nitrogen and oxygen atoms in total. The molecule has 1 aliphatic carbocycles. The summed E-state index contributed by atoms with van der Waals surface area (Å²) in [5, 5.41) is 14.0. The van der Waals surface area contributed by atoms with Crippen molar-refractivity contribution in [3.63, 3.8) is 0 Å². The predicted octanol–water partition coefficient (Wildman–Crippen LogP) is 2.32. The number of pyridine rings is 2. The summed E-state index contributed by atoms with van der Waals surface area (Å²) < 4.78 is 1.81. The molecule has 0 radical (unpaired) electrons. The number of aromatic amines is 1. The van der Waals surface area contributed by atoms with Crippen LogP contribution in [0.1, 0.15) is 43.0 Å². The Kier molecular flexibility index (Phi) is 3.89. The smallest absolute Gasteiger partial charge is 0.264 e. The third-order valence-corrected chi connectivity index (χ3v) is 5.66. The van der Waals surface area contributed by atoms with Crippen molar-refractivity contribution >= 4 is 17.1 Å². The molecule has 0 fully saturated rings. The quantitative estimate of drug-likeness (QED) is 0.545. The van der Waals surface area contributed by atoms with Gasteiger partial charge in [0.2, 0.25) is 5.91 Å². The molecule has 0 aliphatic heterocycles. The van der Waals surface area contributed by atoms with Crippen LogP contribution in [-0.2, 0) is 10.2 Å². The molecule has 0 saturated heterocycles. The van der Waals surface area contributed by atoms with Gasteiger partial charge in [-0.3, -0.25) is 19.2 Å². The number of rotatable bonds is 3. The zero-order chi connectivity index (χ0) is 21.0. The molecule has 1 atom stereocenters. The van der Waals surface area contributed by atoms with E-state index in [-0.39, 0.29) is 22.8 Å². The first kappa shape index (κ1) is 18.3. The highest BCUT2D eigenvalue weighted by Crippen LogP contribution is 2.46. The van der Waals surface area contributed by atoms with Gasteiger partial charge in [-0.25, -0.2) is 4.98 Å². The molecule has 5 rings (SSSR count). The number of anilines is 1. The van der Waals surface area contributed by atoms with Crippen LogP contribution in [0.3, 0.4) is 0 Å².